The smallest absolute Gasteiger partial charge is 0.348 e. The Labute approximate surface area is 198 Å². The Kier molecular flexibility index (Phi) is 6.83. The Morgan fingerprint density at radius 1 is 1.15 bits per heavy atom. The van der Waals surface area contributed by atoms with Crippen molar-refractivity contribution in [2.45, 2.75) is 26.3 Å². The maximum Gasteiger partial charge on any atom is 0.348 e. The molecule has 0 aliphatic heterocycles. The molecule has 0 fully saturated rings. The van der Waals surface area contributed by atoms with Gasteiger partial charge in [-0.25, -0.2) is 14.2 Å². The number of halogens is 1. The number of nitrogens with one attached hydrogen (secondary N) is 1. The van der Waals surface area contributed by atoms with Crippen molar-refractivity contribution in [3.05, 3.63) is 93.1 Å². The average Bonchev–Trinajstić information content (AvgIpc) is 3.18. The number of nitrogens with zero attached hydrogens (tertiary/aromatic N) is 2. The molecule has 2 aromatic carbocycles. The number of anilines is 1. The van der Waals surface area contributed by atoms with Crippen LogP contribution in [0.4, 0.5) is 10.1 Å². The molecule has 7 nitrogen and oxygen atoms in total. The molecule has 34 heavy (non-hydrogen) atoms. The molecule has 1 atom stereocenters. The average molecular weight is 480 g/mol. The third-order valence-corrected chi connectivity index (χ3v) is 6.62. The lowest BCUT2D eigenvalue weighted by molar-refractivity contribution is -0.118. The molecule has 1 amide bonds. The van der Waals surface area contributed by atoms with E-state index in [-0.39, 0.29) is 12.0 Å². The molecule has 0 aliphatic carbocycles. The van der Waals surface area contributed by atoms with Gasteiger partial charge in [0, 0.05) is 12.1 Å². The highest BCUT2D eigenvalue weighted by Gasteiger charge is 2.23. The predicted octanol–water partition coefficient (Wildman–Crippen LogP) is 4.50. The number of aryl methyl sites for hydroxylation is 1. The first kappa shape index (κ1) is 23.3. The highest BCUT2D eigenvalue weighted by molar-refractivity contribution is 7.20. The van der Waals surface area contributed by atoms with Crippen molar-refractivity contribution in [1.29, 1.82) is 0 Å². The zero-order valence-corrected chi connectivity index (χ0v) is 19.4. The molecule has 4 rings (SSSR count). The number of esters is 1. The molecule has 4 aromatic rings. The molecule has 1 unspecified atom stereocenters. The summed E-state index contributed by atoms with van der Waals surface area (Å²) in [5.74, 6) is -1.38. The monoisotopic (exact) mass is 479 g/mol. The first-order valence-corrected chi connectivity index (χ1v) is 11.4. The molecule has 174 valence electrons. The van der Waals surface area contributed by atoms with E-state index >= 15 is 0 Å². The Morgan fingerprint density at radius 3 is 2.56 bits per heavy atom. The fourth-order valence-corrected chi connectivity index (χ4v) is 4.52. The molecule has 0 aliphatic rings. The number of carbonyl (C=O) groups is 2. The number of hydrogen-bond donors (Lipinski definition) is 1. The number of fused-ring (bicyclic) bond motifs is 1. The van der Waals surface area contributed by atoms with Crippen LogP contribution in [0.2, 0.25) is 0 Å². The molecule has 0 saturated heterocycles. The molecule has 0 saturated carbocycles. The normalized spacial score (nSPS) is 11.9. The van der Waals surface area contributed by atoms with Gasteiger partial charge in [-0.2, -0.15) is 0 Å². The van der Waals surface area contributed by atoms with E-state index in [0.29, 0.717) is 27.4 Å². The van der Waals surface area contributed by atoms with E-state index in [2.05, 4.69) is 10.3 Å². The van der Waals surface area contributed by atoms with Gasteiger partial charge in [0.1, 0.15) is 21.6 Å². The molecule has 2 heterocycles. The van der Waals surface area contributed by atoms with Crippen LogP contribution in [0.25, 0.3) is 10.2 Å². The molecule has 2 aromatic heterocycles. The first-order chi connectivity index (χ1) is 16.3. The van der Waals surface area contributed by atoms with Crippen molar-refractivity contribution in [2.24, 2.45) is 0 Å². The van der Waals surface area contributed by atoms with Crippen LogP contribution in [-0.4, -0.2) is 28.0 Å². The van der Waals surface area contributed by atoms with E-state index in [4.69, 9.17) is 4.74 Å². The summed E-state index contributed by atoms with van der Waals surface area (Å²) in [5.41, 5.74) is 1.51. The molecule has 1 N–H and O–H groups in total. The summed E-state index contributed by atoms with van der Waals surface area (Å²) < 4.78 is 19.7. The van der Waals surface area contributed by atoms with Crippen molar-refractivity contribution in [3.63, 3.8) is 0 Å². The molecule has 0 radical (unpaired) electrons. The number of carbonyl (C=O) groups excluding carboxylic acids is 2. The van der Waals surface area contributed by atoms with Gasteiger partial charge < -0.3 is 10.1 Å². The fourth-order valence-electron chi connectivity index (χ4n) is 3.49. The highest BCUT2D eigenvalue weighted by Crippen LogP contribution is 2.28. The van der Waals surface area contributed by atoms with Gasteiger partial charge >= 0.3 is 5.97 Å². The third-order valence-electron chi connectivity index (χ3n) is 5.44. The summed E-state index contributed by atoms with van der Waals surface area (Å²) in [5, 5.41) is 2.93. The van der Waals surface area contributed by atoms with Crippen LogP contribution in [0, 0.1) is 12.7 Å². The Morgan fingerprint density at radius 2 is 1.85 bits per heavy atom. The maximum absolute atomic E-state index is 13.2. The van der Waals surface area contributed by atoms with Crippen molar-refractivity contribution >= 4 is 39.1 Å². The van der Waals surface area contributed by atoms with Gasteiger partial charge in [-0.3, -0.25) is 14.2 Å². The summed E-state index contributed by atoms with van der Waals surface area (Å²) in [6.07, 6.45) is 1.88. The van der Waals surface area contributed by atoms with Crippen LogP contribution in [0.5, 0.6) is 0 Å². The second-order valence-electron chi connectivity index (χ2n) is 7.74. The summed E-state index contributed by atoms with van der Waals surface area (Å²) in [6, 6.07) is 14.1. The summed E-state index contributed by atoms with van der Waals surface area (Å²) in [4.78, 5) is 43.5. The van der Waals surface area contributed by atoms with Gasteiger partial charge in [-0.1, -0.05) is 30.3 Å². The lowest BCUT2D eigenvalue weighted by Gasteiger charge is -2.15. The van der Waals surface area contributed by atoms with E-state index in [0.717, 1.165) is 16.9 Å². The number of thiophene rings is 1. The Bertz CT molecular complexity index is 1400. The van der Waals surface area contributed by atoms with E-state index in [1.54, 1.807) is 13.8 Å². The van der Waals surface area contributed by atoms with Crippen molar-refractivity contribution < 1.29 is 18.7 Å². The van der Waals surface area contributed by atoms with E-state index in [9.17, 15) is 18.8 Å². The molecule has 0 bridgehead atoms. The fraction of sp³-hybridized carbons (Fsp3) is 0.200. The summed E-state index contributed by atoms with van der Waals surface area (Å²) in [7, 11) is 0. The van der Waals surface area contributed by atoms with Gasteiger partial charge in [0.05, 0.1) is 18.3 Å². The second-order valence-corrected chi connectivity index (χ2v) is 8.74. The minimum Gasteiger partial charge on any atom is -0.461 e. The van der Waals surface area contributed by atoms with E-state index in [1.165, 1.54) is 35.2 Å². The van der Waals surface area contributed by atoms with Crippen LogP contribution in [0.15, 0.2) is 65.7 Å². The van der Waals surface area contributed by atoms with Crippen molar-refractivity contribution in [3.8, 4) is 0 Å². The van der Waals surface area contributed by atoms with E-state index in [1.807, 2.05) is 30.3 Å². The van der Waals surface area contributed by atoms with Crippen LogP contribution < -0.4 is 10.9 Å². The number of rotatable bonds is 7. The van der Waals surface area contributed by atoms with Gasteiger partial charge in [0.25, 0.3) is 5.56 Å². The zero-order valence-electron chi connectivity index (χ0n) is 18.6. The minimum absolute atomic E-state index is 0.217. The Hall–Kier alpha value is -3.85. The van der Waals surface area contributed by atoms with Crippen LogP contribution in [-0.2, 0) is 16.0 Å². The lowest BCUT2D eigenvalue weighted by atomic mass is 10.2. The van der Waals surface area contributed by atoms with Gasteiger partial charge in [-0.05, 0) is 49.2 Å². The number of hydrogen-bond acceptors (Lipinski definition) is 6. The molecular formula is C25H22FN3O4S. The predicted molar refractivity (Wildman–Crippen MR) is 129 cm³/mol. The topological polar surface area (TPSA) is 90.3 Å². The van der Waals surface area contributed by atoms with E-state index < -0.39 is 29.3 Å². The van der Waals surface area contributed by atoms with Crippen LogP contribution in [0.3, 0.4) is 0 Å². The molecule has 9 heteroatoms. The lowest BCUT2D eigenvalue weighted by Crippen LogP contribution is -2.31. The summed E-state index contributed by atoms with van der Waals surface area (Å²) in [6.45, 7) is 3.45. The zero-order chi connectivity index (χ0) is 24.2. The van der Waals surface area contributed by atoms with Crippen LogP contribution >= 0.6 is 11.3 Å². The standard InChI is InChI=1S/C25H22FN3O4S/c1-15-20-23(34-21(15)25(32)33-13-12-17-6-4-3-5-7-17)27-14-29(24(20)31)16(2)22(30)28-19-10-8-18(26)9-11-19/h3-11,14,16H,12-13H2,1-2H3,(H,28,30). The SMILES string of the molecule is Cc1c(C(=O)OCCc2ccccc2)sc2ncn(C(C)C(=O)Nc3ccc(F)cc3)c(=O)c12. The first-order valence-electron chi connectivity index (χ1n) is 10.6. The van der Waals surface area contributed by atoms with Crippen LogP contribution in [0.1, 0.15) is 33.8 Å². The van der Waals surface area contributed by atoms with Crippen molar-refractivity contribution in [1.82, 2.24) is 9.55 Å². The molecule has 0 spiro atoms. The quantitative estimate of drug-likeness (QED) is 0.394. The second kappa shape index (κ2) is 9.96. The number of amides is 1. The maximum atomic E-state index is 13.2. The highest BCUT2D eigenvalue weighted by atomic mass is 32.1. The number of aromatic nitrogens is 2. The number of ether oxygens (including phenoxy) is 1. The number of benzene rings is 2. The summed E-state index contributed by atoms with van der Waals surface area (Å²) >= 11 is 1.09. The van der Waals surface area contributed by atoms with Gasteiger partial charge in [0.2, 0.25) is 5.91 Å². The van der Waals surface area contributed by atoms with Crippen molar-refractivity contribution in [2.75, 3.05) is 11.9 Å². The minimum atomic E-state index is -0.880. The van der Waals surface area contributed by atoms with Gasteiger partial charge in [0.15, 0.2) is 0 Å². The molecular weight excluding hydrogens is 457 g/mol. The largest absolute Gasteiger partial charge is 0.461 e. The van der Waals surface area contributed by atoms with Gasteiger partial charge in [-0.15, -0.1) is 11.3 Å². The third kappa shape index (κ3) is 4.89. The Balaban J connectivity index is 1.52.